The van der Waals surface area contributed by atoms with E-state index >= 15 is 0 Å². The van der Waals surface area contributed by atoms with E-state index in [0.29, 0.717) is 30.2 Å². The zero-order valence-corrected chi connectivity index (χ0v) is 15.0. The van der Waals surface area contributed by atoms with Crippen molar-refractivity contribution < 1.29 is 4.79 Å². The van der Waals surface area contributed by atoms with Crippen LogP contribution in [0.4, 0.5) is 11.5 Å². The maximum Gasteiger partial charge on any atom is 0.253 e. The van der Waals surface area contributed by atoms with Gasteiger partial charge in [0.15, 0.2) is 5.16 Å². The third-order valence-electron chi connectivity index (χ3n) is 3.17. The van der Waals surface area contributed by atoms with Crippen LogP contribution in [-0.2, 0) is 4.79 Å². The maximum atomic E-state index is 11.7. The van der Waals surface area contributed by atoms with Gasteiger partial charge in [-0.1, -0.05) is 12.1 Å². The van der Waals surface area contributed by atoms with Crippen molar-refractivity contribution in [3.8, 4) is 0 Å². The van der Waals surface area contributed by atoms with E-state index in [1.54, 1.807) is 31.2 Å². The summed E-state index contributed by atoms with van der Waals surface area (Å²) in [5.41, 5.74) is 11.7. The van der Waals surface area contributed by atoms with Crippen LogP contribution >= 0.6 is 11.8 Å². The molecule has 0 saturated carbocycles. The van der Waals surface area contributed by atoms with Gasteiger partial charge in [-0.25, -0.2) is 4.98 Å². The molecule has 0 spiro atoms. The molecular formula is C16H21N7O2S. The molecule has 1 atom stereocenters. The minimum atomic E-state index is -0.634. The van der Waals surface area contributed by atoms with Crippen LogP contribution < -0.4 is 27.7 Å². The molecule has 2 rings (SSSR count). The first-order valence-corrected chi connectivity index (χ1v) is 8.69. The smallest absolute Gasteiger partial charge is 0.253 e. The molecule has 1 heterocycles. The molecule has 9 nitrogen and oxygen atoms in total. The number of carbonyl (C=O) groups is 1. The van der Waals surface area contributed by atoms with E-state index in [1.165, 1.54) is 6.07 Å². The van der Waals surface area contributed by atoms with Crippen molar-refractivity contribution in [1.29, 1.82) is 5.41 Å². The lowest BCUT2D eigenvalue weighted by atomic mass is 10.2. The lowest BCUT2D eigenvalue weighted by Crippen LogP contribution is -2.32. The van der Waals surface area contributed by atoms with Crippen molar-refractivity contribution in [2.45, 2.75) is 18.1 Å². The van der Waals surface area contributed by atoms with Gasteiger partial charge in [0.1, 0.15) is 10.9 Å². The number of nitrogens with one attached hydrogen (secondary N) is 4. The monoisotopic (exact) mass is 375 g/mol. The van der Waals surface area contributed by atoms with E-state index in [2.05, 4.69) is 20.6 Å². The highest BCUT2D eigenvalue weighted by atomic mass is 32.2. The Bertz CT molecular complexity index is 850. The molecule has 1 aromatic heterocycles. The first kappa shape index (κ1) is 19.6. The maximum absolute atomic E-state index is 11.7. The van der Waals surface area contributed by atoms with Crippen molar-refractivity contribution in [1.82, 2.24) is 9.97 Å². The minimum Gasteiger partial charge on any atom is -0.369 e. The quantitative estimate of drug-likeness (QED) is 0.178. The SMILES string of the molecule is C[C@@H](N)C(=O)Nc1cccc(C(=N)Sc2nc(NCCN)cc(=O)[nH]2)c1. The Balaban J connectivity index is 2.14. The lowest BCUT2D eigenvalue weighted by molar-refractivity contribution is -0.117. The van der Waals surface area contributed by atoms with Crippen LogP contribution in [0.1, 0.15) is 12.5 Å². The normalized spacial score (nSPS) is 11.7. The molecule has 0 radical (unpaired) electrons. The molecule has 0 saturated heterocycles. The highest BCUT2D eigenvalue weighted by Crippen LogP contribution is 2.21. The second-order valence-electron chi connectivity index (χ2n) is 5.44. The van der Waals surface area contributed by atoms with Crippen LogP contribution in [0.2, 0.25) is 0 Å². The summed E-state index contributed by atoms with van der Waals surface area (Å²) in [4.78, 5) is 30.2. The first-order chi connectivity index (χ1) is 12.4. The van der Waals surface area contributed by atoms with Crippen LogP contribution in [0.5, 0.6) is 0 Å². The average molecular weight is 375 g/mol. The summed E-state index contributed by atoms with van der Waals surface area (Å²) in [5, 5.41) is 14.3. The standard InChI is InChI=1S/C16H21N7O2S/c1-9(18)15(25)21-11-4-2-3-10(7-11)14(19)26-16-22-12(20-6-5-17)8-13(24)23-16/h2-4,7-9,19H,5-6,17-18H2,1H3,(H,21,25)(H2,20,22,23,24)/t9-/m1/s1. The number of hydrogen-bond acceptors (Lipinski definition) is 8. The van der Waals surface area contributed by atoms with E-state index in [9.17, 15) is 9.59 Å². The van der Waals surface area contributed by atoms with E-state index in [4.69, 9.17) is 16.9 Å². The number of aromatic amines is 1. The summed E-state index contributed by atoms with van der Waals surface area (Å²) >= 11 is 1.00. The number of aromatic nitrogens is 2. The molecule has 26 heavy (non-hydrogen) atoms. The lowest BCUT2D eigenvalue weighted by Gasteiger charge is -2.10. The number of hydrogen-bond donors (Lipinski definition) is 6. The number of benzene rings is 1. The number of nitrogens with zero attached hydrogens (tertiary/aromatic N) is 1. The van der Waals surface area contributed by atoms with Gasteiger partial charge >= 0.3 is 0 Å². The summed E-state index contributed by atoms with van der Waals surface area (Å²) < 4.78 is 0. The van der Waals surface area contributed by atoms with Crippen LogP contribution in [0, 0.1) is 5.41 Å². The molecule has 138 valence electrons. The van der Waals surface area contributed by atoms with Crippen molar-refractivity contribution in [2.24, 2.45) is 11.5 Å². The number of carbonyl (C=O) groups excluding carboxylic acids is 1. The van der Waals surface area contributed by atoms with E-state index in [-0.39, 0.29) is 21.7 Å². The second kappa shape index (κ2) is 9.13. The van der Waals surface area contributed by atoms with Gasteiger partial charge in [-0.05, 0) is 30.8 Å². The van der Waals surface area contributed by atoms with Crippen molar-refractivity contribution in [3.63, 3.8) is 0 Å². The van der Waals surface area contributed by atoms with Gasteiger partial charge in [0.25, 0.3) is 5.56 Å². The number of thioether (sulfide) groups is 1. The molecule has 0 bridgehead atoms. The topological polar surface area (TPSA) is 163 Å². The fraction of sp³-hybridized carbons (Fsp3) is 0.250. The van der Waals surface area contributed by atoms with Crippen molar-refractivity contribution in [2.75, 3.05) is 23.7 Å². The Hall–Kier alpha value is -2.69. The third-order valence-corrected chi connectivity index (χ3v) is 4.00. The Morgan fingerprint density at radius 1 is 1.42 bits per heavy atom. The number of amides is 1. The van der Waals surface area contributed by atoms with Gasteiger partial charge in [0, 0.05) is 30.4 Å². The minimum absolute atomic E-state index is 0.168. The highest BCUT2D eigenvalue weighted by Gasteiger charge is 2.11. The van der Waals surface area contributed by atoms with Crippen LogP contribution in [0.3, 0.4) is 0 Å². The zero-order chi connectivity index (χ0) is 19.1. The fourth-order valence-corrected chi connectivity index (χ4v) is 2.66. The zero-order valence-electron chi connectivity index (χ0n) is 14.2. The fourth-order valence-electron chi connectivity index (χ4n) is 1.92. The Morgan fingerprint density at radius 2 is 2.19 bits per heavy atom. The Kier molecular flexibility index (Phi) is 6.89. The number of nitrogens with two attached hydrogens (primary N) is 2. The molecule has 1 aromatic carbocycles. The van der Waals surface area contributed by atoms with Gasteiger partial charge in [-0.3, -0.25) is 15.0 Å². The molecule has 0 fully saturated rings. The van der Waals surface area contributed by atoms with Gasteiger partial charge < -0.3 is 27.1 Å². The largest absolute Gasteiger partial charge is 0.369 e. The first-order valence-electron chi connectivity index (χ1n) is 7.87. The summed E-state index contributed by atoms with van der Waals surface area (Å²) in [6.45, 7) is 2.48. The predicted molar refractivity (Wildman–Crippen MR) is 104 cm³/mol. The molecular weight excluding hydrogens is 354 g/mol. The molecule has 8 N–H and O–H groups in total. The van der Waals surface area contributed by atoms with Gasteiger partial charge in [0.2, 0.25) is 5.91 Å². The van der Waals surface area contributed by atoms with E-state index in [0.717, 1.165) is 11.8 Å². The number of H-pyrrole nitrogens is 1. The highest BCUT2D eigenvalue weighted by molar-refractivity contribution is 8.14. The summed E-state index contributed by atoms with van der Waals surface area (Å²) in [6, 6.07) is 7.50. The second-order valence-corrected chi connectivity index (χ2v) is 6.44. The Labute approximate surface area is 154 Å². The van der Waals surface area contributed by atoms with Crippen LogP contribution in [0.25, 0.3) is 0 Å². The van der Waals surface area contributed by atoms with Crippen molar-refractivity contribution in [3.05, 3.63) is 46.2 Å². The van der Waals surface area contributed by atoms with Crippen LogP contribution in [0.15, 0.2) is 40.3 Å². The van der Waals surface area contributed by atoms with E-state index in [1.807, 2.05) is 0 Å². The van der Waals surface area contributed by atoms with Gasteiger partial charge in [0.05, 0.1) is 6.04 Å². The summed E-state index contributed by atoms with van der Waals surface area (Å²) in [7, 11) is 0. The number of rotatable bonds is 7. The Morgan fingerprint density at radius 3 is 2.88 bits per heavy atom. The number of anilines is 2. The van der Waals surface area contributed by atoms with Gasteiger partial charge in [-0.15, -0.1) is 0 Å². The summed E-state index contributed by atoms with van der Waals surface area (Å²) in [6.07, 6.45) is 0. The molecule has 2 aromatic rings. The molecule has 1 amide bonds. The molecule has 0 aliphatic rings. The average Bonchev–Trinajstić information content (AvgIpc) is 2.59. The van der Waals surface area contributed by atoms with Gasteiger partial charge in [-0.2, -0.15) is 0 Å². The molecule has 10 heteroatoms. The van der Waals surface area contributed by atoms with Crippen molar-refractivity contribution >= 4 is 34.2 Å². The third kappa shape index (κ3) is 5.69. The molecule has 0 aliphatic heterocycles. The van der Waals surface area contributed by atoms with Crippen LogP contribution in [-0.4, -0.2) is 40.1 Å². The van der Waals surface area contributed by atoms with E-state index < -0.39 is 6.04 Å². The predicted octanol–water partition coefficient (Wildman–Crippen LogP) is 0.544. The summed E-state index contributed by atoms with van der Waals surface area (Å²) in [5.74, 6) is 0.0819. The molecule has 0 unspecified atom stereocenters. The molecule has 0 aliphatic carbocycles.